The molecule has 0 fully saturated rings. The van der Waals surface area contributed by atoms with Crippen LogP contribution in [0.5, 0.6) is 0 Å². The normalized spacial score (nSPS) is 16.7. The highest BCUT2D eigenvalue weighted by Gasteiger charge is 2.32. The Morgan fingerprint density at radius 3 is 2.71 bits per heavy atom. The van der Waals surface area contributed by atoms with Crippen molar-refractivity contribution in [1.82, 2.24) is 14.9 Å². The summed E-state index contributed by atoms with van der Waals surface area (Å²) in [6, 6.07) is 9.22. The number of anilines is 2. The predicted octanol–water partition coefficient (Wildman–Crippen LogP) is 2.48. The molecule has 3 N–H and O–H groups in total. The second-order valence-corrected chi connectivity index (χ2v) is 5.13. The number of carbonyl (C=O) groups excluding carboxylic acids is 1. The van der Waals surface area contributed by atoms with Crippen molar-refractivity contribution in [3.8, 4) is 0 Å². The molecule has 1 aromatic heterocycles. The van der Waals surface area contributed by atoms with Gasteiger partial charge in [-0.1, -0.05) is 18.2 Å². The molecule has 2 aromatic rings. The third kappa shape index (κ3) is 2.40. The molecule has 0 bridgehead atoms. The molecule has 6 heteroatoms. The first kappa shape index (κ1) is 13.4. The summed E-state index contributed by atoms with van der Waals surface area (Å²) in [5.41, 5.74) is 9.05. The number of urea groups is 1. The summed E-state index contributed by atoms with van der Waals surface area (Å²) in [7, 11) is 0. The Hall–Kier alpha value is -2.63. The topological polar surface area (TPSA) is 84.1 Å². The SMILES string of the molecule is Cc1nc(Nc2ccccc2)nc2c1C(C)N(C(N)=O)C2. The summed E-state index contributed by atoms with van der Waals surface area (Å²) in [5, 5.41) is 3.18. The van der Waals surface area contributed by atoms with Gasteiger partial charge in [0.15, 0.2) is 0 Å². The van der Waals surface area contributed by atoms with Crippen LogP contribution >= 0.6 is 0 Å². The van der Waals surface area contributed by atoms with E-state index < -0.39 is 6.03 Å². The molecule has 0 saturated carbocycles. The van der Waals surface area contributed by atoms with E-state index in [-0.39, 0.29) is 6.04 Å². The van der Waals surface area contributed by atoms with Crippen LogP contribution in [0.3, 0.4) is 0 Å². The number of amides is 2. The highest BCUT2D eigenvalue weighted by Crippen LogP contribution is 2.34. The number of carbonyl (C=O) groups is 1. The highest BCUT2D eigenvalue weighted by molar-refractivity contribution is 5.73. The molecule has 2 heterocycles. The highest BCUT2D eigenvalue weighted by atomic mass is 16.2. The number of nitrogens with one attached hydrogen (secondary N) is 1. The molecule has 21 heavy (non-hydrogen) atoms. The third-order valence-electron chi connectivity index (χ3n) is 3.73. The monoisotopic (exact) mass is 283 g/mol. The minimum Gasteiger partial charge on any atom is -0.351 e. The maximum atomic E-state index is 11.5. The molecule has 2 amide bonds. The molecule has 0 radical (unpaired) electrons. The summed E-state index contributed by atoms with van der Waals surface area (Å²) in [4.78, 5) is 22.1. The lowest BCUT2D eigenvalue weighted by atomic mass is 10.1. The standard InChI is InChI=1S/C15H17N5O/c1-9-13-10(2)20(14(16)21)8-12(13)19-15(17-9)18-11-6-4-3-5-7-11/h3-7,10H,8H2,1-2H3,(H2,16,21)(H,17,18,19). The maximum absolute atomic E-state index is 11.5. The van der Waals surface area contributed by atoms with Gasteiger partial charge in [-0.2, -0.15) is 0 Å². The number of hydrogen-bond acceptors (Lipinski definition) is 4. The Kier molecular flexibility index (Phi) is 3.21. The fourth-order valence-electron chi connectivity index (χ4n) is 2.73. The fraction of sp³-hybridized carbons (Fsp3) is 0.267. The van der Waals surface area contributed by atoms with Crippen molar-refractivity contribution in [2.24, 2.45) is 5.73 Å². The average molecular weight is 283 g/mol. The molecule has 0 aliphatic carbocycles. The smallest absolute Gasteiger partial charge is 0.315 e. The Labute approximate surface area is 123 Å². The van der Waals surface area contributed by atoms with Gasteiger partial charge in [-0.15, -0.1) is 0 Å². The van der Waals surface area contributed by atoms with E-state index in [1.807, 2.05) is 44.2 Å². The average Bonchev–Trinajstić information content (AvgIpc) is 2.77. The third-order valence-corrected chi connectivity index (χ3v) is 3.73. The summed E-state index contributed by atoms with van der Waals surface area (Å²) in [6.07, 6.45) is 0. The van der Waals surface area contributed by atoms with Gasteiger partial charge < -0.3 is 16.0 Å². The van der Waals surface area contributed by atoms with Crippen molar-refractivity contribution in [2.75, 3.05) is 5.32 Å². The van der Waals surface area contributed by atoms with E-state index in [1.54, 1.807) is 4.90 Å². The van der Waals surface area contributed by atoms with Crippen LogP contribution in [0, 0.1) is 6.92 Å². The lowest BCUT2D eigenvalue weighted by Gasteiger charge is -2.18. The largest absolute Gasteiger partial charge is 0.351 e. The number of nitrogens with zero attached hydrogens (tertiary/aromatic N) is 3. The van der Waals surface area contributed by atoms with Crippen LogP contribution in [0.25, 0.3) is 0 Å². The zero-order chi connectivity index (χ0) is 15.0. The van der Waals surface area contributed by atoms with Gasteiger partial charge in [0, 0.05) is 16.9 Å². The van der Waals surface area contributed by atoms with Crippen LogP contribution in [0.2, 0.25) is 0 Å². The molecule has 6 nitrogen and oxygen atoms in total. The number of nitrogens with two attached hydrogens (primary N) is 1. The Morgan fingerprint density at radius 1 is 1.33 bits per heavy atom. The summed E-state index contributed by atoms with van der Waals surface area (Å²) >= 11 is 0. The van der Waals surface area contributed by atoms with Gasteiger partial charge in [-0.25, -0.2) is 14.8 Å². The zero-order valence-electron chi connectivity index (χ0n) is 12.0. The lowest BCUT2D eigenvalue weighted by Crippen LogP contribution is -2.33. The zero-order valence-corrected chi connectivity index (χ0v) is 12.0. The van der Waals surface area contributed by atoms with E-state index in [0.29, 0.717) is 12.5 Å². The molecule has 3 rings (SSSR count). The van der Waals surface area contributed by atoms with Gasteiger partial charge in [0.1, 0.15) is 0 Å². The molecule has 1 aromatic carbocycles. The first-order valence-corrected chi connectivity index (χ1v) is 6.82. The molecule has 1 aliphatic rings. The Bertz CT molecular complexity index is 686. The van der Waals surface area contributed by atoms with Crippen LogP contribution < -0.4 is 11.1 Å². The molecule has 1 aliphatic heterocycles. The summed E-state index contributed by atoms with van der Waals surface area (Å²) < 4.78 is 0. The molecule has 108 valence electrons. The van der Waals surface area contributed by atoms with Gasteiger partial charge in [0.25, 0.3) is 0 Å². The fourth-order valence-corrected chi connectivity index (χ4v) is 2.73. The lowest BCUT2D eigenvalue weighted by molar-refractivity contribution is 0.194. The second kappa shape index (κ2) is 5.05. The molecule has 1 atom stereocenters. The second-order valence-electron chi connectivity index (χ2n) is 5.13. The van der Waals surface area contributed by atoms with E-state index in [2.05, 4.69) is 15.3 Å². The number of benzene rings is 1. The van der Waals surface area contributed by atoms with Crippen LogP contribution in [-0.4, -0.2) is 20.9 Å². The van der Waals surface area contributed by atoms with Crippen molar-refractivity contribution >= 4 is 17.7 Å². The quantitative estimate of drug-likeness (QED) is 0.886. The van der Waals surface area contributed by atoms with E-state index in [0.717, 1.165) is 22.6 Å². The number of aryl methyl sites for hydroxylation is 1. The molecule has 0 spiro atoms. The van der Waals surface area contributed by atoms with Crippen LogP contribution in [0.4, 0.5) is 16.4 Å². The summed E-state index contributed by atoms with van der Waals surface area (Å²) in [6.45, 7) is 4.30. The number of hydrogen-bond donors (Lipinski definition) is 2. The van der Waals surface area contributed by atoms with E-state index in [4.69, 9.17) is 5.73 Å². The summed E-state index contributed by atoms with van der Waals surface area (Å²) in [5.74, 6) is 0.538. The van der Waals surface area contributed by atoms with Crippen LogP contribution in [0.1, 0.15) is 29.9 Å². The number of fused-ring (bicyclic) bond motifs is 1. The van der Waals surface area contributed by atoms with E-state index in [1.165, 1.54) is 0 Å². The number of primary amides is 1. The first-order valence-electron chi connectivity index (χ1n) is 6.82. The van der Waals surface area contributed by atoms with Crippen molar-refractivity contribution < 1.29 is 4.79 Å². The van der Waals surface area contributed by atoms with Crippen molar-refractivity contribution in [3.63, 3.8) is 0 Å². The molecule has 1 unspecified atom stereocenters. The number of para-hydroxylation sites is 1. The van der Waals surface area contributed by atoms with E-state index in [9.17, 15) is 4.79 Å². The van der Waals surface area contributed by atoms with Gasteiger partial charge in [0.05, 0.1) is 18.3 Å². The van der Waals surface area contributed by atoms with Gasteiger partial charge in [-0.3, -0.25) is 0 Å². The molecular formula is C15H17N5O. The minimum atomic E-state index is -0.433. The predicted molar refractivity (Wildman–Crippen MR) is 80.0 cm³/mol. The Morgan fingerprint density at radius 2 is 2.05 bits per heavy atom. The van der Waals surface area contributed by atoms with Crippen molar-refractivity contribution in [2.45, 2.75) is 26.4 Å². The van der Waals surface area contributed by atoms with Gasteiger partial charge >= 0.3 is 6.03 Å². The van der Waals surface area contributed by atoms with Crippen molar-refractivity contribution in [1.29, 1.82) is 0 Å². The van der Waals surface area contributed by atoms with Crippen molar-refractivity contribution in [3.05, 3.63) is 47.3 Å². The molecular weight excluding hydrogens is 266 g/mol. The van der Waals surface area contributed by atoms with Gasteiger partial charge in [-0.05, 0) is 26.0 Å². The number of rotatable bonds is 2. The molecule has 0 saturated heterocycles. The van der Waals surface area contributed by atoms with Crippen LogP contribution in [-0.2, 0) is 6.54 Å². The number of aromatic nitrogens is 2. The van der Waals surface area contributed by atoms with E-state index >= 15 is 0 Å². The Balaban J connectivity index is 1.93. The van der Waals surface area contributed by atoms with Gasteiger partial charge in [0.2, 0.25) is 5.95 Å². The minimum absolute atomic E-state index is 0.0803. The van der Waals surface area contributed by atoms with Crippen LogP contribution in [0.15, 0.2) is 30.3 Å². The maximum Gasteiger partial charge on any atom is 0.315 e. The first-order chi connectivity index (χ1) is 10.1.